The van der Waals surface area contributed by atoms with Crippen LogP contribution in [-0.4, -0.2) is 47.0 Å². The highest BCUT2D eigenvalue weighted by Gasteiger charge is 2.52. The van der Waals surface area contributed by atoms with Crippen molar-refractivity contribution in [3.05, 3.63) is 29.3 Å². The van der Waals surface area contributed by atoms with Gasteiger partial charge in [-0.3, -0.25) is 9.69 Å². The lowest BCUT2D eigenvalue weighted by atomic mass is 9.99. The molecule has 1 spiro atoms. The molecule has 0 aromatic heterocycles. The van der Waals surface area contributed by atoms with E-state index >= 15 is 0 Å². The molecule has 118 valence electrons. The van der Waals surface area contributed by atoms with Crippen molar-refractivity contribution in [2.45, 2.75) is 25.8 Å². The van der Waals surface area contributed by atoms with Crippen molar-refractivity contribution in [2.75, 3.05) is 24.7 Å². The van der Waals surface area contributed by atoms with Crippen molar-refractivity contribution in [3.8, 4) is 5.75 Å². The fourth-order valence-electron chi connectivity index (χ4n) is 2.98. The maximum atomic E-state index is 12.5. The molecule has 3 rings (SSSR count). The van der Waals surface area contributed by atoms with Gasteiger partial charge >= 0.3 is 6.03 Å². The molecule has 2 aliphatic heterocycles. The van der Waals surface area contributed by atoms with Crippen LogP contribution in [0.25, 0.3) is 0 Å². The predicted molar refractivity (Wildman–Crippen MR) is 86.3 cm³/mol. The maximum absolute atomic E-state index is 12.5. The number of amides is 3. The van der Waals surface area contributed by atoms with Crippen molar-refractivity contribution in [2.24, 2.45) is 0 Å². The summed E-state index contributed by atoms with van der Waals surface area (Å²) in [5.41, 5.74) is 1.60. The third-order valence-corrected chi connectivity index (χ3v) is 5.24. The molecule has 3 amide bonds. The number of carbonyl (C=O) groups excluding carboxylic acids is 2. The zero-order chi connectivity index (χ0) is 15.7. The van der Waals surface area contributed by atoms with E-state index in [1.165, 1.54) is 4.90 Å². The first-order valence-corrected chi connectivity index (χ1v) is 8.59. The number of aryl methyl sites for hydroxylation is 2. The molecule has 2 saturated heterocycles. The molecule has 0 saturated carbocycles. The van der Waals surface area contributed by atoms with Crippen molar-refractivity contribution < 1.29 is 14.3 Å². The van der Waals surface area contributed by atoms with Gasteiger partial charge in [-0.2, -0.15) is 11.8 Å². The van der Waals surface area contributed by atoms with Gasteiger partial charge in [0.15, 0.2) is 0 Å². The number of imide groups is 1. The summed E-state index contributed by atoms with van der Waals surface area (Å²) in [5, 5.41) is 2.86. The highest BCUT2D eigenvalue weighted by Crippen LogP contribution is 2.33. The van der Waals surface area contributed by atoms with Gasteiger partial charge in [0.05, 0.1) is 6.54 Å². The van der Waals surface area contributed by atoms with E-state index in [2.05, 4.69) is 11.4 Å². The third kappa shape index (κ3) is 2.79. The zero-order valence-corrected chi connectivity index (χ0v) is 13.7. The van der Waals surface area contributed by atoms with Gasteiger partial charge in [0.25, 0.3) is 5.91 Å². The normalized spacial score (nSPS) is 24.2. The predicted octanol–water partition coefficient (Wildman–Crippen LogP) is 2.11. The average Bonchev–Trinajstić information content (AvgIpc) is 2.99. The Morgan fingerprint density at radius 3 is 2.64 bits per heavy atom. The van der Waals surface area contributed by atoms with Gasteiger partial charge in [-0.25, -0.2) is 4.79 Å². The van der Waals surface area contributed by atoms with Crippen LogP contribution in [-0.2, 0) is 4.79 Å². The van der Waals surface area contributed by atoms with E-state index in [-0.39, 0.29) is 18.5 Å². The molecule has 0 aliphatic carbocycles. The minimum absolute atomic E-state index is 0.105. The van der Waals surface area contributed by atoms with Crippen LogP contribution in [0.5, 0.6) is 5.75 Å². The third-order valence-electron chi connectivity index (χ3n) is 4.05. The summed E-state index contributed by atoms with van der Waals surface area (Å²) in [6, 6.07) is 5.69. The Balaban J connectivity index is 1.59. The monoisotopic (exact) mass is 320 g/mol. The van der Waals surface area contributed by atoms with Crippen molar-refractivity contribution >= 4 is 23.7 Å². The van der Waals surface area contributed by atoms with Crippen molar-refractivity contribution in [1.82, 2.24) is 10.2 Å². The molecule has 2 aliphatic rings. The zero-order valence-electron chi connectivity index (χ0n) is 12.8. The van der Waals surface area contributed by atoms with Gasteiger partial charge in [-0.15, -0.1) is 0 Å². The molecular formula is C16H20N2O3S. The van der Waals surface area contributed by atoms with E-state index in [9.17, 15) is 9.59 Å². The molecule has 1 N–H and O–H groups in total. The Kier molecular flexibility index (Phi) is 4.04. The van der Waals surface area contributed by atoms with Gasteiger partial charge in [-0.1, -0.05) is 6.07 Å². The number of thioether (sulfide) groups is 1. The lowest BCUT2D eigenvalue weighted by molar-refractivity contribution is -0.130. The minimum atomic E-state index is -0.665. The van der Waals surface area contributed by atoms with Crippen LogP contribution in [0.1, 0.15) is 17.5 Å². The van der Waals surface area contributed by atoms with E-state index in [0.717, 1.165) is 29.1 Å². The number of nitrogens with one attached hydrogen (secondary N) is 1. The summed E-state index contributed by atoms with van der Waals surface area (Å²) in [6.07, 6.45) is 0.719. The second-order valence-electron chi connectivity index (χ2n) is 5.94. The topological polar surface area (TPSA) is 58.6 Å². The second kappa shape index (κ2) is 5.83. The van der Waals surface area contributed by atoms with Crippen LogP contribution in [0.4, 0.5) is 4.79 Å². The fourth-order valence-corrected chi connectivity index (χ4v) is 4.31. The Morgan fingerprint density at radius 2 is 2.00 bits per heavy atom. The Morgan fingerprint density at radius 1 is 1.27 bits per heavy atom. The van der Waals surface area contributed by atoms with Crippen molar-refractivity contribution in [1.29, 1.82) is 0 Å². The van der Waals surface area contributed by atoms with E-state index in [4.69, 9.17) is 4.74 Å². The number of carbonyl (C=O) groups is 2. The Labute approximate surface area is 134 Å². The molecule has 0 bridgehead atoms. The summed E-state index contributed by atoms with van der Waals surface area (Å²) < 4.78 is 5.70. The standard InChI is InChI=1S/C16H20N2O3S/c1-11-7-12(2)9-13(8-11)21-5-4-18-14(19)16(17-15(18)20)3-6-22-10-16/h7-9H,3-6,10H2,1-2H3,(H,17,20). The Bertz CT molecular complexity index is 591. The van der Waals surface area contributed by atoms with Crippen LogP contribution in [0, 0.1) is 13.8 Å². The van der Waals surface area contributed by atoms with E-state index in [1.807, 2.05) is 26.0 Å². The van der Waals surface area contributed by atoms with Gasteiger partial charge < -0.3 is 10.1 Å². The van der Waals surface area contributed by atoms with Crippen molar-refractivity contribution in [3.63, 3.8) is 0 Å². The molecular weight excluding hydrogens is 300 g/mol. The van der Waals surface area contributed by atoms with Crippen LogP contribution >= 0.6 is 11.8 Å². The first-order valence-electron chi connectivity index (χ1n) is 7.43. The molecule has 5 nitrogen and oxygen atoms in total. The quantitative estimate of drug-likeness (QED) is 0.863. The SMILES string of the molecule is Cc1cc(C)cc(OCCN2C(=O)NC3(CCSC3)C2=O)c1. The number of hydrogen-bond donors (Lipinski definition) is 1. The second-order valence-corrected chi connectivity index (χ2v) is 7.05. The first-order chi connectivity index (χ1) is 10.5. The molecule has 1 aromatic carbocycles. The minimum Gasteiger partial charge on any atom is -0.492 e. The van der Waals surface area contributed by atoms with Crippen LogP contribution in [0.15, 0.2) is 18.2 Å². The van der Waals surface area contributed by atoms with Gasteiger partial charge in [0.1, 0.15) is 17.9 Å². The molecule has 0 radical (unpaired) electrons. The largest absolute Gasteiger partial charge is 0.492 e. The molecule has 1 atom stereocenters. The van der Waals surface area contributed by atoms with E-state index in [0.29, 0.717) is 12.4 Å². The number of hydrogen-bond acceptors (Lipinski definition) is 4. The summed E-state index contributed by atoms with van der Waals surface area (Å²) in [5.74, 6) is 2.26. The number of nitrogens with zero attached hydrogens (tertiary/aromatic N) is 1. The maximum Gasteiger partial charge on any atom is 0.325 e. The van der Waals surface area contributed by atoms with E-state index < -0.39 is 5.54 Å². The number of benzene rings is 1. The number of urea groups is 1. The number of ether oxygens (including phenoxy) is 1. The van der Waals surface area contributed by atoms with Gasteiger partial charge in [0.2, 0.25) is 0 Å². The Hall–Kier alpha value is -1.69. The van der Waals surface area contributed by atoms with E-state index in [1.54, 1.807) is 11.8 Å². The van der Waals surface area contributed by atoms with Crippen LogP contribution in [0.2, 0.25) is 0 Å². The summed E-state index contributed by atoms with van der Waals surface area (Å²) in [4.78, 5) is 25.8. The van der Waals surface area contributed by atoms with Gasteiger partial charge in [-0.05, 0) is 49.3 Å². The average molecular weight is 320 g/mol. The highest BCUT2D eigenvalue weighted by atomic mass is 32.2. The summed E-state index contributed by atoms with van der Waals surface area (Å²) in [6.45, 7) is 4.62. The lowest BCUT2D eigenvalue weighted by Gasteiger charge is -2.19. The smallest absolute Gasteiger partial charge is 0.325 e. The van der Waals surface area contributed by atoms with Crippen LogP contribution < -0.4 is 10.1 Å². The molecule has 2 heterocycles. The lowest BCUT2D eigenvalue weighted by Crippen LogP contribution is -2.47. The molecule has 6 heteroatoms. The molecule has 1 unspecified atom stereocenters. The number of rotatable bonds is 4. The van der Waals surface area contributed by atoms with Crippen LogP contribution in [0.3, 0.4) is 0 Å². The van der Waals surface area contributed by atoms with Gasteiger partial charge in [0, 0.05) is 5.75 Å². The summed E-state index contributed by atoms with van der Waals surface area (Å²) >= 11 is 1.71. The molecule has 1 aromatic rings. The summed E-state index contributed by atoms with van der Waals surface area (Å²) in [7, 11) is 0. The molecule has 22 heavy (non-hydrogen) atoms. The highest BCUT2D eigenvalue weighted by molar-refractivity contribution is 7.99. The fraction of sp³-hybridized carbons (Fsp3) is 0.500. The molecule has 2 fully saturated rings. The first kappa shape index (κ1) is 15.2.